The van der Waals surface area contributed by atoms with Gasteiger partial charge in [-0.2, -0.15) is 0 Å². The number of methoxy groups -OCH3 is 1. The second-order valence-electron chi connectivity index (χ2n) is 4.35. The third-order valence-electron chi connectivity index (χ3n) is 2.94. The standard InChI is InChI=1S/C13H17NO2/c1-9-3-6-11(13(15)16-2)7-12(9)14-8-10-4-5-10/h3,6-7,10,14H,4-5,8H2,1-2H3. The summed E-state index contributed by atoms with van der Waals surface area (Å²) in [6.45, 7) is 3.04. The van der Waals surface area contributed by atoms with E-state index in [-0.39, 0.29) is 5.97 Å². The Balaban J connectivity index is 2.11. The molecule has 1 aliphatic carbocycles. The molecule has 1 aromatic carbocycles. The first-order valence-corrected chi connectivity index (χ1v) is 5.63. The fourth-order valence-corrected chi connectivity index (χ4v) is 1.63. The Morgan fingerprint density at radius 2 is 2.25 bits per heavy atom. The van der Waals surface area contributed by atoms with Gasteiger partial charge in [-0.15, -0.1) is 0 Å². The minimum absolute atomic E-state index is 0.283. The fourth-order valence-electron chi connectivity index (χ4n) is 1.63. The van der Waals surface area contributed by atoms with E-state index in [0.717, 1.165) is 23.7 Å². The Morgan fingerprint density at radius 3 is 2.88 bits per heavy atom. The van der Waals surface area contributed by atoms with Gasteiger partial charge in [0.2, 0.25) is 0 Å². The lowest BCUT2D eigenvalue weighted by molar-refractivity contribution is 0.0601. The second-order valence-corrected chi connectivity index (χ2v) is 4.35. The molecule has 0 aliphatic heterocycles. The summed E-state index contributed by atoms with van der Waals surface area (Å²) in [5.41, 5.74) is 2.80. The zero-order chi connectivity index (χ0) is 11.5. The third kappa shape index (κ3) is 2.54. The van der Waals surface area contributed by atoms with Crippen molar-refractivity contribution < 1.29 is 9.53 Å². The number of carbonyl (C=O) groups excluding carboxylic acids is 1. The SMILES string of the molecule is COC(=O)c1ccc(C)c(NCC2CC2)c1. The molecule has 0 unspecified atom stereocenters. The molecule has 3 heteroatoms. The molecule has 0 amide bonds. The summed E-state index contributed by atoms with van der Waals surface area (Å²) in [6, 6.07) is 5.61. The highest BCUT2D eigenvalue weighted by molar-refractivity contribution is 5.90. The number of hydrogen-bond acceptors (Lipinski definition) is 3. The lowest BCUT2D eigenvalue weighted by Gasteiger charge is -2.10. The maximum absolute atomic E-state index is 11.4. The highest BCUT2D eigenvalue weighted by Gasteiger charge is 2.20. The van der Waals surface area contributed by atoms with E-state index < -0.39 is 0 Å². The number of hydrogen-bond donors (Lipinski definition) is 1. The van der Waals surface area contributed by atoms with Crippen molar-refractivity contribution in [3.63, 3.8) is 0 Å². The van der Waals surface area contributed by atoms with E-state index in [1.165, 1.54) is 20.0 Å². The molecule has 0 atom stereocenters. The molecule has 0 saturated heterocycles. The van der Waals surface area contributed by atoms with Crippen LogP contribution in [-0.2, 0) is 4.74 Å². The van der Waals surface area contributed by atoms with E-state index in [4.69, 9.17) is 4.74 Å². The minimum atomic E-state index is -0.283. The Morgan fingerprint density at radius 1 is 1.50 bits per heavy atom. The van der Waals surface area contributed by atoms with Gasteiger partial charge in [-0.05, 0) is 43.4 Å². The average Bonchev–Trinajstić information content (AvgIpc) is 3.11. The fraction of sp³-hybridized carbons (Fsp3) is 0.462. The van der Waals surface area contributed by atoms with Crippen LogP contribution in [0.5, 0.6) is 0 Å². The molecule has 0 radical (unpaired) electrons. The Hall–Kier alpha value is -1.51. The summed E-state index contributed by atoms with van der Waals surface area (Å²) in [6.07, 6.45) is 2.64. The van der Waals surface area contributed by atoms with Crippen LogP contribution in [0.3, 0.4) is 0 Å². The zero-order valence-corrected chi connectivity index (χ0v) is 9.75. The summed E-state index contributed by atoms with van der Waals surface area (Å²) in [4.78, 5) is 11.4. The van der Waals surface area contributed by atoms with E-state index in [0.29, 0.717) is 5.56 Å². The van der Waals surface area contributed by atoms with Gasteiger partial charge in [0.1, 0.15) is 0 Å². The van der Waals surface area contributed by atoms with Crippen molar-refractivity contribution in [1.29, 1.82) is 0 Å². The average molecular weight is 219 g/mol. The molecule has 1 fully saturated rings. The number of rotatable bonds is 4. The zero-order valence-electron chi connectivity index (χ0n) is 9.75. The van der Waals surface area contributed by atoms with Crippen LogP contribution < -0.4 is 5.32 Å². The van der Waals surface area contributed by atoms with Crippen LogP contribution in [0.2, 0.25) is 0 Å². The molecule has 0 heterocycles. The summed E-state index contributed by atoms with van der Waals surface area (Å²) < 4.78 is 4.70. The smallest absolute Gasteiger partial charge is 0.337 e. The lowest BCUT2D eigenvalue weighted by Crippen LogP contribution is -2.07. The van der Waals surface area contributed by atoms with E-state index >= 15 is 0 Å². The van der Waals surface area contributed by atoms with Gasteiger partial charge < -0.3 is 10.1 Å². The second kappa shape index (κ2) is 4.56. The van der Waals surface area contributed by atoms with E-state index in [2.05, 4.69) is 5.32 Å². The molecule has 1 aromatic rings. The number of nitrogens with one attached hydrogen (secondary N) is 1. The van der Waals surface area contributed by atoms with Gasteiger partial charge in [0, 0.05) is 12.2 Å². The molecule has 1 saturated carbocycles. The molecule has 16 heavy (non-hydrogen) atoms. The molecular weight excluding hydrogens is 202 g/mol. The van der Waals surface area contributed by atoms with Gasteiger partial charge in [0.25, 0.3) is 0 Å². The largest absolute Gasteiger partial charge is 0.465 e. The van der Waals surface area contributed by atoms with Crippen molar-refractivity contribution in [3.05, 3.63) is 29.3 Å². The molecule has 3 nitrogen and oxygen atoms in total. The van der Waals surface area contributed by atoms with E-state index in [1.807, 2.05) is 19.1 Å². The normalized spacial score (nSPS) is 14.6. The Bertz CT molecular complexity index is 397. The van der Waals surface area contributed by atoms with Crippen LogP contribution in [0, 0.1) is 12.8 Å². The number of aryl methyl sites for hydroxylation is 1. The molecule has 0 aromatic heterocycles. The van der Waals surface area contributed by atoms with Crippen molar-refractivity contribution in [3.8, 4) is 0 Å². The minimum Gasteiger partial charge on any atom is -0.465 e. The number of anilines is 1. The summed E-state index contributed by atoms with van der Waals surface area (Å²) in [7, 11) is 1.40. The predicted molar refractivity (Wildman–Crippen MR) is 63.7 cm³/mol. The van der Waals surface area contributed by atoms with Crippen molar-refractivity contribution in [2.45, 2.75) is 19.8 Å². The van der Waals surface area contributed by atoms with Gasteiger partial charge in [-0.25, -0.2) is 4.79 Å². The maximum Gasteiger partial charge on any atom is 0.337 e. The van der Waals surface area contributed by atoms with Crippen LogP contribution in [0.25, 0.3) is 0 Å². The van der Waals surface area contributed by atoms with Crippen LogP contribution >= 0.6 is 0 Å². The summed E-state index contributed by atoms with van der Waals surface area (Å²) in [5.74, 6) is 0.538. The maximum atomic E-state index is 11.4. The topological polar surface area (TPSA) is 38.3 Å². The van der Waals surface area contributed by atoms with Gasteiger partial charge >= 0.3 is 5.97 Å². The number of carbonyl (C=O) groups is 1. The van der Waals surface area contributed by atoms with E-state index in [9.17, 15) is 4.79 Å². The first-order chi connectivity index (χ1) is 7.70. The predicted octanol–water partition coefficient (Wildman–Crippen LogP) is 2.60. The Labute approximate surface area is 95.8 Å². The molecule has 86 valence electrons. The molecule has 0 bridgehead atoms. The van der Waals surface area contributed by atoms with E-state index in [1.54, 1.807) is 6.07 Å². The summed E-state index contributed by atoms with van der Waals surface area (Å²) in [5, 5.41) is 3.39. The lowest BCUT2D eigenvalue weighted by atomic mass is 10.1. The third-order valence-corrected chi connectivity index (χ3v) is 2.94. The highest BCUT2D eigenvalue weighted by Crippen LogP contribution is 2.29. The first kappa shape index (κ1) is 11.0. The monoisotopic (exact) mass is 219 g/mol. The number of benzene rings is 1. The van der Waals surface area contributed by atoms with Gasteiger partial charge in [0.05, 0.1) is 12.7 Å². The van der Waals surface area contributed by atoms with Crippen LogP contribution in [0.4, 0.5) is 5.69 Å². The number of ether oxygens (including phenoxy) is 1. The van der Waals surface area contributed by atoms with Crippen LogP contribution in [-0.4, -0.2) is 19.6 Å². The Kier molecular flexibility index (Phi) is 3.13. The van der Waals surface area contributed by atoms with Gasteiger partial charge in [0.15, 0.2) is 0 Å². The van der Waals surface area contributed by atoms with Gasteiger partial charge in [-0.3, -0.25) is 0 Å². The van der Waals surface area contributed by atoms with Crippen molar-refractivity contribution in [1.82, 2.24) is 0 Å². The van der Waals surface area contributed by atoms with Gasteiger partial charge in [-0.1, -0.05) is 6.07 Å². The van der Waals surface area contributed by atoms with Crippen LogP contribution in [0.15, 0.2) is 18.2 Å². The molecule has 2 rings (SSSR count). The first-order valence-electron chi connectivity index (χ1n) is 5.63. The molecule has 1 N–H and O–H groups in total. The van der Waals surface area contributed by atoms with Crippen molar-refractivity contribution >= 4 is 11.7 Å². The van der Waals surface area contributed by atoms with Crippen molar-refractivity contribution in [2.75, 3.05) is 19.0 Å². The highest BCUT2D eigenvalue weighted by atomic mass is 16.5. The quantitative estimate of drug-likeness (QED) is 0.791. The molecule has 1 aliphatic rings. The van der Waals surface area contributed by atoms with Crippen molar-refractivity contribution in [2.24, 2.45) is 5.92 Å². The van der Waals surface area contributed by atoms with Crippen LogP contribution in [0.1, 0.15) is 28.8 Å². The summed E-state index contributed by atoms with van der Waals surface area (Å²) >= 11 is 0. The molecule has 0 spiro atoms. The number of esters is 1. The molecular formula is C13H17NO2.